The minimum Gasteiger partial charge on any atom is -0.478 e. The highest BCUT2D eigenvalue weighted by molar-refractivity contribution is 7.20. The van der Waals surface area contributed by atoms with Crippen LogP contribution in [0.4, 0.5) is 0 Å². The Hall–Kier alpha value is -2.92. The third-order valence-corrected chi connectivity index (χ3v) is 5.41. The number of carboxylic acids is 1. The summed E-state index contributed by atoms with van der Waals surface area (Å²) in [7, 11) is 0. The van der Waals surface area contributed by atoms with Gasteiger partial charge in [-0.1, -0.05) is 18.2 Å². The summed E-state index contributed by atoms with van der Waals surface area (Å²) in [5.41, 5.74) is 2.88. The number of nitrogens with zero attached hydrogens (tertiary/aromatic N) is 1. The highest BCUT2D eigenvalue weighted by Crippen LogP contribution is 2.36. The van der Waals surface area contributed by atoms with E-state index in [1.165, 1.54) is 11.3 Å². The van der Waals surface area contributed by atoms with Crippen molar-refractivity contribution < 1.29 is 9.90 Å². The number of aromatic nitrogens is 2. The van der Waals surface area contributed by atoms with E-state index in [0.29, 0.717) is 5.57 Å². The molecule has 0 amide bonds. The molecule has 3 heterocycles. The molecule has 0 aliphatic carbocycles. The molecule has 0 saturated carbocycles. The third-order valence-electron chi connectivity index (χ3n) is 4.10. The third kappa shape index (κ3) is 2.30. The zero-order valence-electron chi connectivity index (χ0n) is 12.9. The van der Waals surface area contributed by atoms with Crippen LogP contribution in [0.5, 0.6) is 0 Å². The van der Waals surface area contributed by atoms with Crippen molar-refractivity contribution in [2.45, 2.75) is 6.92 Å². The van der Waals surface area contributed by atoms with E-state index in [2.05, 4.69) is 9.97 Å². The summed E-state index contributed by atoms with van der Waals surface area (Å²) in [5, 5.41) is 11.8. The summed E-state index contributed by atoms with van der Waals surface area (Å²) in [6.45, 7) is 1.97. The van der Waals surface area contributed by atoms with Crippen LogP contribution in [0.25, 0.3) is 32.8 Å². The van der Waals surface area contributed by atoms with Gasteiger partial charge in [-0.15, -0.1) is 11.3 Å². The van der Waals surface area contributed by atoms with E-state index in [9.17, 15) is 9.90 Å². The Morgan fingerprint density at radius 3 is 2.79 bits per heavy atom. The monoisotopic (exact) mass is 334 g/mol. The highest BCUT2D eigenvalue weighted by atomic mass is 32.1. The lowest BCUT2D eigenvalue weighted by atomic mass is 10.0. The molecule has 4 rings (SSSR count). The summed E-state index contributed by atoms with van der Waals surface area (Å²) in [4.78, 5) is 20.0. The van der Waals surface area contributed by atoms with Crippen LogP contribution in [0.3, 0.4) is 0 Å². The minimum absolute atomic E-state index is 0.304. The number of aromatic amines is 1. The van der Waals surface area contributed by atoms with Gasteiger partial charge in [-0.2, -0.15) is 0 Å². The van der Waals surface area contributed by atoms with Crippen LogP contribution in [-0.4, -0.2) is 21.0 Å². The lowest BCUT2D eigenvalue weighted by Gasteiger charge is -2.01. The van der Waals surface area contributed by atoms with Crippen molar-refractivity contribution in [2.24, 2.45) is 0 Å². The molecule has 118 valence electrons. The van der Waals surface area contributed by atoms with E-state index in [-0.39, 0.29) is 0 Å². The number of carboxylic acid groups (broad SMARTS) is 1. The molecule has 0 bridgehead atoms. The van der Waals surface area contributed by atoms with Crippen LogP contribution in [0, 0.1) is 6.92 Å². The summed E-state index contributed by atoms with van der Waals surface area (Å²) < 4.78 is 1.10. The van der Waals surface area contributed by atoms with Gasteiger partial charge in [0.15, 0.2) is 0 Å². The van der Waals surface area contributed by atoms with Crippen LogP contribution < -0.4 is 0 Å². The van der Waals surface area contributed by atoms with Crippen molar-refractivity contribution in [1.29, 1.82) is 0 Å². The standard InChI is InChI=1S/C19H14N2O2S/c1-11-13-5-2-3-7-16(13)24-17(11)15(19(22)23)9-12-10-21-18-14(12)6-4-8-20-18/h2-10H,1H3,(H,20,21)(H,22,23). The average Bonchev–Trinajstić information content (AvgIpc) is 3.14. The maximum absolute atomic E-state index is 11.9. The maximum atomic E-state index is 11.9. The fraction of sp³-hybridized carbons (Fsp3) is 0.0526. The largest absolute Gasteiger partial charge is 0.478 e. The van der Waals surface area contributed by atoms with Gasteiger partial charge in [-0.3, -0.25) is 0 Å². The molecule has 4 nitrogen and oxygen atoms in total. The first-order valence-corrected chi connectivity index (χ1v) is 8.32. The zero-order chi connectivity index (χ0) is 16.7. The number of benzene rings is 1. The van der Waals surface area contributed by atoms with E-state index in [4.69, 9.17) is 0 Å². The predicted molar refractivity (Wildman–Crippen MR) is 98.2 cm³/mol. The molecule has 0 spiro atoms. The molecule has 0 aliphatic rings. The molecule has 0 atom stereocenters. The van der Waals surface area contributed by atoms with Crippen LogP contribution in [-0.2, 0) is 4.79 Å². The van der Waals surface area contributed by atoms with Gasteiger partial charge in [0, 0.05) is 32.9 Å². The van der Waals surface area contributed by atoms with Gasteiger partial charge in [0.2, 0.25) is 0 Å². The number of nitrogens with one attached hydrogen (secondary N) is 1. The van der Waals surface area contributed by atoms with Gasteiger partial charge in [-0.05, 0) is 42.1 Å². The SMILES string of the molecule is Cc1c(C(=Cc2c[nH]c3ncccc23)C(=O)O)sc2ccccc12. The Bertz CT molecular complexity index is 1100. The number of hydrogen-bond donors (Lipinski definition) is 2. The van der Waals surface area contributed by atoms with Gasteiger partial charge in [0.05, 0.1) is 5.57 Å². The molecule has 1 aromatic carbocycles. The summed E-state index contributed by atoms with van der Waals surface area (Å²) in [6.07, 6.45) is 5.23. The van der Waals surface area contributed by atoms with Gasteiger partial charge in [0.1, 0.15) is 5.65 Å². The van der Waals surface area contributed by atoms with E-state index in [1.807, 2.05) is 43.3 Å². The quantitative estimate of drug-likeness (QED) is 0.533. The molecule has 24 heavy (non-hydrogen) atoms. The van der Waals surface area contributed by atoms with E-state index >= 15 is 0 Å². The lowest BCUT2D eigenvalue weighted by molar-refractivity contribution is -0.130. The molecule has 0 saturated heterocycles. The smallest absolute Gasteiger partial charge is 0.337 e. The molecule has 0 fully saturated rings. The van der Waals surface area contributed by atoms with Crippen molar-refractivity contribution >= 4 is 50.1 Å². The number of thiophene rings is 1. The van der Waals surface area contributed by atoms with E-state index in [0.717, 1.165) is 37.1 Å². The van der Waals surface area contributed by atoms with Gasteiger partial charge in [-0.25, -0.2) is 9.78 Å². The second kappa shape index (κ2) is 5.62. The molecule has 3 aromatic heterocycles. The highest BCUT2D eigenvalue weighted by Gasteiger charge is 2.18. The first-order chi connectivity index (χ1) is 11.6. The molecule has 2 N–H and O–H groups in total. The molecule has 5 heteroatoms. The van der Waals surface area contributed by atoms with E-state index < -0.39 is 5.97 Å². The fourth-order valence-electron chi connectivity index (χ4n) is 2.91. The zero-order valence-corrected chi connectivity index (χ0v) is 13.7. The molecular formula is C19H14N2O2S. The van der Waals surface area contributed by atoms with Crippen molar-refractivity contribution in [2.75, 3.05) is 0 Å². The summed E-state index contributed by atoms with van der Waals surface area (Å²) in [6, 6.07) is 11.8. The van der Waals surface area contributed by atoms with Gasteiger partial charge in [0.25, 0.3) is 0 Å². The second-order valence-corrected chi connectivity index (χ2v) is 6.61. The molecule has 4 aromatic rings. The molecule has 0 unspecified atom stereocenters. The Balaban J connectivity index is 1.94. The molecular weight excluding hydrogens is 320 g/mol. The Morgan fingerprint density at radius 1 is 1.21 bits per heavy atom. The number of aliphatic carboxylic acids is 1. The Kier molecular flexibility index (Phi) is 3.43. The van der Waals surface area contributed by atoms with Crippen molar-refractivity contribution in [3.63, 3.8) is 0 Å². The maximum Gasteiger partial charge on any atom is 0.337 e. The first kappa shape index (κ1) is 14.7. The number of aryl methyl sites for hydroxylation is 1. The van der Waals surface area contributed by atoms with Crippen LogP contribution >= 0.6 is 11.3 Å². The number of carbonyl (C=O) groups is 1. The summed E-state index contributed by atoms with van der Waals surface area (Å²) in [5.74, 6) is -0.928. The number of H-pyrrole nitrogens is 1. The topological polar surface area (TPSA) is 66.0 Å². The Labute approximate surface area is 142 Å². The Morgan fingerprint density at radius 2 is 2.00 bits per heavy atom. The molecule has 0 aliphatic heterocycles. The van der Waals surface area contributed by atoms with Crippen molar-refractivity contribution in [1.82, 2.24) is 9.97 Å². The number of pyridine rings is 1. The number of fused-ring (bicyclic) bond motifs is 2. The van der Waals surface area contributed by atoms with Crippen molar-refractivity contribution in [3.8, 4) is 0 Å². The van der Waals surface area contributed by atoms with Gasteiger partial charge < -0.3 is 10.1 Å². The van der Waals surface area contributed by atoms with Gasteiger partial charge >= 0.3 is 5.97 Å². The summed E-state index contributed by atoms with van der Waals surface area (Å²) >= 11 is 1.51. The fourth-order valence-corrected chi connectivity index (χ4v) is 4.12. The van der Waals surface area contributed by atoms with Crippen LogP contribution in [0.1, 0.15) is 16.0 Å². The lowest BCUT2D eigenvalue weighted by Crippen LogP contribution is -1.99. The number of hydrogen-bond acceptors (Lipinski definition) is 3. The number of rotatable bonds is 3. The van der Waals surface area contributed by atoms with Crippen LogP contribution in [0.2, 0.25) is 0 Å². The molecule has 0 radical (unpaired) electrons. The normalized spacial score (nSPS) is 12.1. The van der Waals surface area contributed by atoms with E-state index in [1.54, 1.807) is 18.5 Å². The second-order valence-electron chi connectivity index (χ2n) is 5.56. The average molecular weight is 334 g/mol. The first-order valence-electron chi connectivity index (χ1n) is 7.51. The van der Waals surface area contributed by atoms with Crippen LogP contribution in [0.15, 0.2) is 48.8 Å². The minimum atomic E-state index is -0.928. The van der Waals surface area contributed by atoms with Crippen molar-refractivity contribution in [3.05, 3.63) is 64.8 Å². The predicted octanol–water partition coefficient (Wildman–Crippen LogP) is 4.71.